The topological polar surface area (TPSA) is 74.3 Å². The molecule has 1 saturated carbocycles. The second-order valence-electron chi connectivity index (χ2n) is 12.0. The van der Waals surface area contributed by atoms with E-state index >= 15 is 0 Å². The SMILES string of the molecule is Cc1csc(=NC(=O)CC2CCC(c3ccc(-c4ncn(-c5ccc(OC(F)(F)F)cc5)n4)cc3)C2)n1-c1ccccc1C(C)C. The summed E-state index contributed by atoms with van der Waals surface area (Å²) in [7, 11) is 0. The van der Waals surface area contributed by atoms with Gasteiger partial charge in [-0.15, -0.1) is 29.6 Å². The smallest absolute Gasteiger partial charge is 0.406 e. The quantitative estimate of drug-likeness (QED) is 0.170. The summed E-state index contributed by atoms with van der Waals surface area (Å²) in [6.07, 6.45) is 0.136. The van der Waals surface area contributed by atoms with Crippen LogP contribution >= 0.6 is 11.3 Å². The van der Waals surface area contributed by atoms with Crippen molar-refractivity contribution in [3.63, 3.8) is 0 Å². The fourth-order valence-corrected chi connectivity index (χ4v) is 7.01. The first-order valence-corrected chi connectivity index (χ1v) is 16.1. The van der Waals surface area contributed by atoms with Crippen molar-refractivity contribution in [3.05, 3.63) is 106 Å². The van der Waals surface area contributed by atoms with Crippen LogP contribution in [0.4, 0.5) is 13.2 Å². The minimum absolute atomic E-state index is 0.0807. The van der Waals surface area contributed by atoms with Crippen LogP contribution in [0.15, 0.2) is 89.5 Å². The number of para-hydroxylation sites is 1. The number of ether oxygens (including phenoxy) is 1. The molecule has 1 fully saturated rings. The second-order valence-corrected chi connectivity index (χ2v) is 12.8. The number of halogens is 3. The van der Waals surface area contributed by atoms with E-state index in [9.17, 15) is 18.0 Å². The summed E-state index contributed by atoms with van der Waals surface area (Å²) >= 11 is 1.50. The maximum Gasteiger partial charge on any atom is 0.573 e. The average molecular weight is 646 g/mol. The Kier molecular flexibility index (Phi) is 8.95. The minimum atomic E-state index is -4.74. The Morgan fingerprint density at radius 3 is 2.50 bits per heavy atom. The number of alkyl halides is 3. The fraction of sp³-hybridized carbons (Fsp3) is 0.314. The molecule has 0 spiro atoms. The van der Waals surface area contributed by atoms with Crippen molar-refractivity contribution in [3.8, 4) is 28.5 Å². The number of nitrogens with zero attached hydrogens (tertiary/aromatic N) is 5. The number of aryl methyl sites for hydroxylation is 1. The highest BCUT2D eigenvalue weighted by atomic mass is 32.1. The molecular weight excluding hydrogens is 611 g/mol. The van der Waals surface area contributed by atoms with E-state index in [1.54, 1.807) is 0 Å². The Balaban J connectivity index is 1.09. The molecule has 2 atom stereocenters. The molecule has 46 heavy (non-hydrogen) atoms. The molecule has 3 aromatic carbocycles. The van der Waals surface area contributed by atoms with Gasteiger partial charge in [0, 0.05) is 23.1 Å². The maximum absolute atomic E-state index is 13.2. The molecular formula is C35H34F3N5O2S. The van der Waals surface area contributed by atoms with Crippen LogP contribution in [0.1, 0.15) is 68.2 Å². The number of aromatic nitrogens is 4. The molecule has 0 radical (unpaired) electrons. The molecule has 0 saturated heterocycles. The third kappa shape index (κ3) is 7.14. The highest BCUT2D eigenvalue weighted by Gasteiger charge is 2.31. The van der Waals surface area contributed by atoms with E-state index < -0.39 is 6.36 Å². The van der Waals surface area contributed by atoms with Gasteiger partial charge < -0.3 is 4.74 Å². The summed E-state index contributed by atoms with van der Waals surface area (Å²) < 4.78 is 44.9. The third-order valence-electron chi connectivity index (χ3n) is 8.37. The van der Waals surface area contributed by atoms with Gasteiger partial charge in [-0.05, 0) is 85.4 Å². The lowest BCUT2D eigenvalue weighted by Crippen LogP contribution is -2.19. The molecule has 1 aliphatic carbocycles. The van der Waals surface area contributed by atoms with Gasteiger partial charge in [0.2, 0.25) is 5.91 Å². The number of amides is 1. The van der Waals surface area contributed by atoms with Gasteiger partial charge in [0.15, 0.2) is 10.6 Å². The number of hydrogen-bond acceptors (Lipinski definition) is 5. The molecule has 5 aromatic rings. The molecule has 6 rings (SSSR count). The first-order valence-electron chi connectivity index (χ1n) is 15.3. The van der Waals surface area contributed by atoms with Crippen molar-refractivity contribution in [1.82, 2.24) is 19.3 Å². The Hall–Kier alpha value is -4.51. The van der Waals surface area contributed by atoms with Gasteiger partial charge in [0.1, 0.15) is 12.1 Å². The first kappa shape index (κ1) is 31.5. The van der Waals surface area contributed by atoms with E-state index in [1.165, 1.54) is 57.7 Å². The van der Waals surface area contributed by atoms with Gasteiger partial charge in [-0.2, -0.15) is 4.99 Å². The first-order chi connectivity index (χ1) is 22.0. The molecule has 2 unspecified atom stereocenters. The minimum Gasteiger partial charge on any atom is -0.406 e. The van der Waals surface area contributed by atoms with Crippen molar-refractivity contribution in [1.29, 1.82) is 0 Å². The molecule has 1 amide bonds. The highest BCUT2D eigenvalue weighted by molar-refractivity contribution is 7.07. The van der Waals surface area contributed by atoms with E-state index in [4.69, 9.17) is 0 Å². The van der Waals surface area contributed by atoms with Crippen LogP contribution in [0, 0.1) is 12.8 Å². The predicted octanol–water partition coefficient (Wildman–Crippen LogP) is 8.52. The van der Waals surface area contributed by atoms with Gasteiger partial charge in [0.25, 0.3) is 0 Å². The van der Waals surface area contributed by atoms with Gasteiger partial charge in [-0.25, -0.2) is 9.67 Å². The van der Waals surface area contributed by atoms with Crippen LogP contribution in [-0.4, -0.2) is 31.6 Å². The summed E-state index contributed by atoms with van der Waals surface area (Å²) in [5, 5.41) is 6.54. The lowest BCUT2D eigenvalue weighted by Gasteiger charge is -2.15. The summed E-state index contributed by atoms with van der Waals surface area (Å²) in [5.74, 6) is 1.12. The van der Waals surface area contributed by atoms with Gasteiger partial charge in [-0.1, -0.05) is 56.3 Å². The van der Waals surface area contributed by atoms with Crippen LogP contribution in [-0.2, 0) is 4.79 Å². The molecule has 0 N–H and O–H groups in total. The predicted molar refractivity (Wildman–Crippen MR) is 171 cm³/mol. The molecule has 2 heterocycles. The Bertz CT molecular complexity index is 1890. The van der Waals surface area contributed by atoms with Crippen LogP contribution in [0.3, 0.4) is 0 Å². The Labute approximate surface area is 269 Å². The molecule has 238 valence electrons. The van der Waals surface area contributed by atoms with Crippen molar-refractivity contribution in [2.24, 2.45) is 10.9 Å². The van der Waals surface area contributed by atoms with Gasteiger partial charge >= 0.3 is 6.36 Å². The normalized spacial score (nSPS) is 17.2. The Morgan fingerprint density at radius 2 is 1.78 bits per heavy atom. The molecule has 7 nitrogen and oxygen atoms in total. The zero-order valence-corrected chi connectivity index (χ0v) is 26.6. The van der Waals surface area contributed by atoms with E-state index in [1.807, 2.05) is 36.6 Å². The summed E-state index contributed by atoms with van der Waals surface area (Å²) in [6, 6.07) is 21.9. The molecule has 1 aliphatic rings. The highest BCUT2D eigenvalue weighted by Crippen LogP contribution is 2.40. The van der Waals surface area contributed by atoms with Crippen LogP contribution in [0.25, 0.3) is 22.8 Å². The number of rotatable bonds is 8. The van der Waals surface area contributed by atoms with E-state index in [-0.39, 0.29) is 17.6 Å². The van der Waals surface area contributed by atoms with Gasteiger partial charge in [0.05, 0.1) is 11.4 Å². The summed E-state index contributed by atoms with van der Waals surface area (Å²) in [4.78, 5) is 22.8. The number of hydrogen-bond donors (Lipinski definition) is 0. The van der Waals surface area contributed by atoms with E-state index in [2.05, 4.69) is 62.5 Å². The Morgan fingerprint density at radius 1 is 1.04 bits per heavy atom. The number of thiazole rings is 1. The van der Waals surface area contributed by atoms with E-state index in [0.29, 0.717) is 34.6 Å². The number of carbonyl (C=O) groups excluding carboxylic acids is 1. The lowest BCUT2D eigenvalue weighted by molar-refractivity contribution is -0.274. The number of benzene rings is 3. The largest absolute Gasteiger partial charge is 0.573 e. The monoisotopic (exact) mass is 645 g/mol. The van der Waals surface area contributed by atoms with Crippen molar-refractivity contribution < 1.29 is 22.7 Å². The van der Waals surface area contributed by atoms with Gasteiger partial charge in [-0.3, -0.25) is 9.36 Å². The molecule has 0 bridgehead atoms. The van der Waals surface area contributed by atoms with Crippen LogP contribution in [0.2, 0.25) is 0 Å². The van der Waals surface area contributed by atoms with Crippen LogP contribution in [0.5, 0.6) is 5.75 Å². The third-order valence-corrected chi connectivity index (χ3v) is 9.31. The van der Waals surface area contributed by atoms with Crippen molar-refractivity contribution >= 4 is 17.2 Å². The zero-order chi connectivity index (χ0) is 32.4. The fourth-order valence-electron chi connectivity index (χ4n) is 6.13. The standard InChI is InChI=1S/C35H34F3N5O2S/c1-22(2)30-6-4-5-7-31(30)43-23(3)20-46-34(43)40-32(44)19-24-8-9-27(18-24)25-10-12-26(13-11-25)33-39-21-42(41-33)28-14-16-29(17-15-28)45-35(36,37)38/h4-7,10-17,20-22,24,27H,8-9,18-19H2,1-3H3. The summed E-state index contributed by atoms with van der Waals surface area (Å²) in [6.45, 7) is 6.39. The summed E-state index contributed by atoms with van der Waals surface area (Å²) in [5.41, 5.74) is 5.97. The average Bonchev–Trinajstić information content (AvgIpc) is 3.78. The second kappa shape index (κ2) is 13.1. The van der Waals surface area contributed by atoms with Crippen molar-refractivity contribution in [2.75, 3.05) is 0 Å². The zero-order valence-electron chi connectivity index (χ0n) is 25.7. The molecule has 2 aromatic heterocycles. The van der Waals surface area contributed by atoms with Crippen molar-refractivity contribution in [2.45, 2.75) is 64.7 Å². The van der Waals surface area contributed by atoms with E-state index in [0.717, 1.165) is 36.2 Å². The lowest BCUT2D eigenvalue weighted by atomic mass is 9.94. The number of carbonyl (C=O) groups is 1. The maximum atomic E-state index is 13.2. The molecule has 0 aliphatic heterocycles. The van der Waals surface area contributed by atoms with Crippen LogP contribution < -0.4 is 9.54 Å². The molecule has 11 heteroatoms.